The lowest BCUT2D eigenvalue weighted by molar-refractivity contribution is 0.414. The number of anilines is 2. The van der Waals surface area contributed by atoms with Gasteiger partial charge in [0.1, 0.15) is 11.6 Å². The zero-order chi connectivity index (χ0) is 13.7. The Morgan fingerprint density at radius 2 is 1.89 bits per heavy atom. The molecule has 4 heteroatoms. The van der Waals surface area contributed by atoms with E-state index in [1.807, 2.05) is 24.3 Å². The number of methoxy groups -OCH3 is 1. The summed E-state index contributed by atoms with van der Waals surface area (Å²) in [7, 11) is 1.64. The van der Waals surface area contributed by atoms with E-state index in [1.165, 1.54) is 6.07 Å². The van der Waals surface area contributed by atoms with Crippen molar-refractivity contribution in [2.24, 2.45) is 0 Å². The number of hydrogen-bond donors (Lipinski definition) is 2. The zero-order valence-electron chi connectivity index (χ0n) is 10.8. The number of hydrogen-bond acceptors (Lipinski definition) is 3. The van der Waals surface area contributed by atoms with Crippen LogP contribution in [-0.4, -0.2) is 13.7 Å². The Balaban J connectivity index is 1.92. The Kier molecular flexibility index (Phi) is 4.23. The van der Waals surface area contributed by atoms with Crippen molar-refractivity contribution in [2.45, 2.75) is 6.42 Å². The van der Waals surface area contributed by atoms with Crippen LogP contribution in [0.3, 0.4) is 0 Å². The Morgan fingerprint density at radius 1 is 1.16 bits per heavy atom. The van der Waals surface area contributed by atoms with Crippen LogP contribution in [0.25, 0.3) is 0 Å². The number of nitrogen functional groups attached to an aromatic ring is 1. The Labute approximate surface area is 112 Å². The molecule has 0 aliphatic heterocycles. The highest BCUT2D eigenvalue weighted by Gasteiger charge is 2.04. The fourth-order valence-electron chi connectivity index (χ4n) is 1.85. The molecule has 0 spiro atoms. The Bertz CT molecular complexity index is 520. The number of ether oxygens (including phenoxy) is 1. The maximum atomic E-state index is 13.5. The molecule has 3 N–H and O–H groups in total. The molecular weight excluding hydrogens is 243 g/mol. The summed E-state index contributed by atoms with van der Waals surface area (Å²) in [5.74, 6) is 0.504. The lowest BCUT2D eigenvalue weighted by Crippen LogP contribution is -2.08. The predicted octanol–water partition coefficient (Wildman–Crippen LogP) is 3.07. The molecule has 0 fully saturated rings. The summed E-state index contributed by atoms with van der Waals surface area (Å²) in [6.07, 6.45) is 0.789. The van der Waals surface area contributed by atoms with E-state index in [0.29, 0.717) is 17.9 Å². The largest absolute Gasteiger partial charge is 0.497 e. The van der Waals surface area contributed by atoms with Crippen LogP contribution >= 0.6 is 0 Å². The first kappa shape index (κ1) is 13.2. The second kappa shape index (κ2) is 6.09. The molecular formula is C15H17FN2O. The molecule has 0 unspecified atom stereocenters. The van der Waals surface area contributed by atoms with Crippen LogP contribution in [0.15, 0.2) is 42.5 Å². The molecule has 0 heterocycles. The van der Waals surface area contributed by atoms with E-state index in [-0.39, 0.29) is 5.82 Å². The van der Waals surface area contributed by atoms with Gasteiger partial charge in [-0.2, -0.15) is 0 Å². The second-order valence-electron chi connectivity index (χ2n) is 4.23. The van der Waals surface area contributed by atoms with Crippen LogP contribution in [0.2, 0.25) is 0 Å². The average molecular weight is 260 g/mol. The number of benzene rings is 2. The van der Waals surface area contributed by atoms with Crippen molar-refractivity contribution < 1.29 is 9.13 Å². The van der Waals surface area contributed by atoms with E-state index < -0.39 is 0 Å². The average Bonchev–Trinajstić information content (AvgIpc) is 2.43. The van der Waals surface area contributed by atoms with Gasteiger partial charge in [0.2, 0.25) is 0 Å². The highest BCUT2D eigenvalue weighted by molar-refractivity contribution is 5.66. The van der Waals surface area contributed by atoms with Crippen LogP contribution in [0.5, 0.6) is 5.75 Å². The van der Waals surface area contributed by atoms with Crippen LogP contribution in [0.1, 0.15) is 5.56 Å². The quantitative estimate of drug-likeness (QED) is 0.812. The van der Waals surface area contributed by atoms with Crippen LogP contribution in [-0.2, 0) is 6.42 Å². The van der Waals surface area contributed by atoms with Crippen molar-refractivity contribution in [3.63, 3.8) is 0 Å². The smallest absolute Gasteiger partial charge is 0.148 e. The van der Waals surface area contributed by atoms with Crippen molar-refractivity contribution >= 4 is 11.4 Å². The number of rotatable bonds is 5. The molecule has 0 aromatic heterocycles. The molecule has 0 aliphatic carbocycles. The molecule has 2 rings (SSSR count). The van der Waals surface area contributed by atoms with E-state index in [4.69, 9.17) is 10.5 Å². The van der Waals surface area contributed by atoms with Gasteiger partial charge in [-0.1, -0.05) is 18.2 Å². The van der Waals surface area contributed by atoms with Gasteiger partial charge in [0, 0.05) is 6.54 Å². The molecule has 2 aromatic rings. The first-order valence-corrected chi connectivity index (χ1v) is 6.11. The standard InChI is InChI=1S/C15H17FN2O/c1-19-12-7-5-11(6-8-12)9-10-18-15-13(16)3-2-4-14(15)17/h2-8,18H,9-10,17H2,1H3. The molecule has 0 atom stereocenters. The minimum absolute atomic E-state index is 0.324. The van der Waals surface area contributed by atoms with Crippen LogP contribution in [0, 0.1) is 5.82 Å². The fourth-order valence-corrected chi connectivity index (χ4v) is 1.85. The topological polar surface area (TPSA) is 47.3 Å². The number of nitrogens with one attached hydrogen (secondary N) is 1. The van der Waals surface area contributed by atoms with Gasteiger partial charge in [-0.25, -0.2) is 4.39 Å². The first-order chi connectivity index (χ1) is 9.20. The third kappa shape index (κ3) is 3.37. The van der Waals surface area contributed by atoms with Crippen molar-refractivity contribution in [3.8, 4) is 5.75 Å². The summed E-state index contributed by atoms with van der Waals surface area (Å²) in [4.78, 5) is 0. The van der Waals surface area contributed by atoms with Gasteiger partial charge in [-0.15, -0.1) is 0 Å². The maximum absolute atomic E-state index is 13.5. The fraction of sp³-hybridized carbons (Fsp3) is 0.200. The molecule has 0 saturated carbocycles. The lowest BCUT2D eigenvalue weighted by atomic mass is 10.1. The molecule has 0 bridgehead atoms. The Hall–Kier alpha value is -2.23. The minimum atomic E-state index is -0.324. The van der Waals surface area contributed by atoms with Gasteiger partial charge in [0.15, 0.2) is 0 Å². The van der Waals surface area contributed by atoms with Gasteiger partial charge in [-0.05, 0) is 36.2 Å². The lowest BCUT2D eigenvalue weighted by Gasteiger charge is -2.10. The number of para-hydroxylation sites is 1. The van der Waals surface area contributed by atoms with Crippen molar-refractivity contribution in [2.75, 3.05) is 24.7 Å². The number of halogens is 1. The SMILES string of the molecule is COc1ccc(CCNc2c(N)cccc2F)cc1. The van der Waals surface area contributed by atoms with E-state index >= 15 is 0 Å². The summed E-state index contributed by atoms with van der Waals surface area (Å²) in [6.45, 7) is 0.622. The molecule has 0 amide bonds. The second-order valence-corrected chi connectivity index (χ2v) is 4.23. The first-order valence-electron chi connectivity index (χ1n) is 6.11. The van der Waals surface area contributed by atoms with Gasteiger partial charge in [0.25, 0.3) is 0 Å². The van der Waals surface area contributed by atoms with E-state index in [2.05, 4.69) is 5.32 Å². The van der Waals surface area contributed by atoms with Gasteiger partial charge in [0.05, 0.1) is 18.5 Å². The predicted molar refractivity (Wildman–Crippen MR) is 76.0 cm³/mol. The highest BCUT2D eigenvalue weighted by atomic mass is 19.1. The van der Waals surface area contributed by atoms with Crippen LogP contribution in [0.4, 0.5) is 15.8 Å². The van der Waals surface area contributed by atoms with Crippen molar-refractivity contribution in [1.29, 1.82) is 0 Å². The third-order valence-corrected chi connectivity index (χ3v) is 2.92. The molecule has 2 aromatic carbocycles. The molecule has 19 heavy (non-hydrogen) atoms. The van der Waals surface area contributed by atoms with Crippen molar-refractivity contribution in [1.82, 2.24) is 0 Å². The van der Waals surface area contributed by atoms with E-state index in [1.54, 1.807) is 19.2 Å². The van der Waals surface area contributed by atoms with Gasteiger partial charge < -0.3 is 15.8 Å². The van der Waals surface area contributed by atoms with Gasteiger partial charge >= 0.3 is 0 Å². The van der Waals surface area contributed by atoms with Crippen LogP contribution < -0.4 is 15.8 Å². The summed E-state index contributed by atoms with van der Waals surface area (Å²) in [5.41, 5.74) is 7.67. The highest BCUT2D eigenvalue weighted by Crippen LogP contribution is 2.21. The zero-order valence-corrected chi connectivity index (χ0v) is 10.8. The molecule has 0 aliphatic rings. The molecule has 100 valence electrons. The summed E-state index contributed by atoms with van der Waals surface area (Å²) in [6, 6.07) is 12.5. The van der Waals surface area contributed by atoms with E-state index in [0.717, 1.165) is 17.7 Å². The normalized spacial score (nSPS) is 10.2. The Morgan fingerprint density at radius 3 is 2.53 bits per heavy atom. The summed E-state index contributed by atoms with van der Waals surface area (Å²) < 4.78 is 18.6. The summed E-state index contributed by atoms with van der Waals surface area (Å²) in [5, 5.41) is 3.03. The third-order valence-electron chi connectivity index (χ3n) is 2.92. The summed E-state index contributed by atoms with van der Waals surface area (Å²) >= 11 is 0. The molecule has 0 saturated heterocycles. The minimum Gasteiger partial charge on any atom is -0.497 e. The maximum Gasteiger partial charge on any atom is 0.148 e. The van der Waals surface area contributed by atoms with Crippen molar-refractivity contribution in [3.05, 3.63) is 53.8 Å². The van der Waals surface area contributed by atoms with E-state index in [9.17, 15) is 4.39 Å². The van der Waals surface area contributed by atoms with Gasteiger partial charge in [-0.3, -0.25) is 0 Å². The number of nitrogens with two attached hydrogens (primary N) is 1. The monoisotopic (exact) mass is 260 g/mol. The molecule has 3 nitrogen and oxygen atoms in total. The molecule has 0 radical (unpaired) electrons.